The Morgan fingerprint density at radius 2 is 1.95 bits per heavy atom. The zero-order chi connectivity index (χ0) is 15.7. The van der Waals surface area contributed by atoms with Crippen molar-refractivity contribution in [3.8, 4) is 0 Å². The van der Waals surface area contributed by atoms with Crippen LogP contribution in [0.25, 0.3) is 0 Å². The van der Waals surface area contributed by atoms with Crippen molar-refractivity contribution in [2.75, 3.05) is 13.2 Å². The molecule has 1 heterocycles. The number of amides is 1. The molecule has 0 fully saturated rings. The molecule has 0 unspecified atom stereocenters. The van der Waals surface area contributed by atoms with Crippen LogP contribution in [0.4, 0.5) is 0 Å². The van der Waals surface area contributed by atoms with Gasteiger partial charge in [-0.3, -0.25) is 14.6 Å². The van der Waals surface area contributed by atoms with Crippen LogP contribution >= 0.6 is 0 Å². The molecule has 0 atom stereocenters. The maximum atomic E-state index is 12.2. The second-order valence-corrected chi connectivity index (χ2v) is 4.89. The standard InChI is InChI=1S/C16H22N2O3/c1-4-21-16(20)7-10-18(15(19)11-13(2)3)12-14-5-8-17-9-6-14/h5-6,8-9,11H,4,7,10,12H2,1-3H3. The molecule has 0 aliphatic heterocycles. The summed E-state index contributed by atoms with van der Waals surface area (Å²) in [6, 6.07) is 3.71. The van der Waals surface area contributed by atoms with Crippen molar-refractivity contribution < 1.29 is 14.3 Å². The third-order valence-corrected chi connectivity index (χ3v) is 2.74. The van der Waals surface area contributed by atoms with E-state index in [0.717, 1.165) is 11.1 Å². The molecular formula is C16H22N2O3. The van der Waals surface area contributed by atoms with Crippen molar-refractivity contribution in [3.63, 3.8) is 0 Å². The molecule has 21 heavy (non-hydrogen) atoms. The second-order valence-electron chi connectivity index (χ2n) is 4.89. The van der Waals surface area contributed by atoms with E-state index in [0.29, 0.717) is 19.7 Å². The minimum absolute atomic E-state index is 0.101. The molecule has 5 nitrogen and oxygen atoms in total. The lowest BCUT2D eigenvalue weighted by atomic mass is 10.2. The lowest BCUT2D eigenvalue weighted by Gasteiger charge is -2.21. The highest BCUT2D eigenvalue weighted by Crippen LogP contribution is 2.07. The van der Waals surface area contributed by atoms with Gasteiger partial charge in [-0.1, -0.05) is 5.57 Å². The molecule has 0 aliphatic rings. The fraction of sp³-hybridized carbons (Fsp3) is 0.438. The van der Waals surface area contributed by atoms with Crippen molar-refractivity contribution in [2.45, 2.75) is 33.7 Å². The smallest absolute Gasteiger partial charge is 0.307 e. The highest BCUT2D eigenvalue weighted by atomic mass is 16.5. The normalized spacial score (nSPS) is 9.86. The van der Waals surface area contributed by atoms with Gasteiger partial charge in [0, 0.05) is 31.6 Å². The van der Waals surface area contributed by atoms with Gasteiger partial charge in [0.25, 0.3) is 0 Å². The van der Waals surface area contributed by atoms with E-state index in [4.69, 9.17) is 4.74 Å². The van der Waals surface area contributed by atoms with Crippen LogP contribution in [0.3, 0.4) is 0 Å². The topological polar surface area (TPSA) is 59.5 Å². The number of hydrogen-bond donors (Lipinski definition) is 0. The highest BCUT2D eigenvalue weighted by Gasteiger charge is 2.14. The molecule has 0 saturated carbocycles. The van der Waals surface area contributed by atoms with Crippen LogP contribution in [-0.2, 0) is 20.9 Å². The number of esters is 1. The van der Waals surface area contributed by atoms with Crippen molar-refractivity contribution in [1.29, 1.82) is 0 Å². The Morgan fingerprint density at radius 1 is 1.29 bits per heavy atom. The number of ether oxygens (including phenoxy) is 1. The largest absolute Gasteiger partial charge is 0.466 e. The fourth-order valence-electron chi connectivity index (χ4n) is 1.77. The lowest BCUT2D eigenvalue weighted by Crippen LogP contribution is -2.31. The van der Waals surface area contributed by atoms with Crippen LogP contribution < -0.4 is 0 Å². The number of nitrogens with zero attached hydrogens (tertiary/aromatic N) is 2. The Kier molecular flexibility index (Phi) is 7.15. The number of aromatic nitrogens is 1. The molecular weight excluding hydrogens is 268 g/mol. The number of carbonyl (C=O) groups excluding carboxylic acids is 2. The summed E-state index contributed by atoms with van der Waals surface area (Å²) in [5.41, 5.74) is 1.90. The first-order valence-electron chi connectivity index (χ1n) is 7.01. The summed E-state index contributed by atoms with van der Waals surface area (Å²) in [6.45, 7) is 6.64. The number of allylic oxidation sites excluding steroid dienone is 1. The molecule has 1 aromatic heterocycles. The third-order valence-electron chi connectivity index (χ3n) is 2.74. The molecule has 1 aromatic rings. The number of pyridine rings is 1. The average Bonchev–Trinajstić information content (AvgIpc) is 2.44. The molecule has 0 N–H and O–H groups in total. The van der Waals surface area contributed by atoms with Gasteiger partial charge in [0.15, 0.2) is 0 Å². The van der Waals surface area contributed by atoms with E-state index in [1.54, 1.807) is 30.3 Å². The van der Waals surface area contributed by atoms with Crippen LogP contribution in [0.15, 0.2) is 36.2 Å². The molecule has 0 bridgehead atoms. The van der Waals surface area contributed by atoms with Gasteiger partial charge in [0.1, 0.15) is 0 Å². The minimum Gasteiger partial charge on any atom is -0.466 e. The van der Waals surface area contributed by atoms with E-state index in [2.05, 4.69) is 4.98 Å². The van der Waals surface area contributed by atoms with Crippen molar-refractivity contribution in [3.05, 3.63) is 41.7 Å². The second kappa shape index (κ2) is 8.89. The molecule has 0 aliphatic carbocycles. The number of carbonyl (C=O) groups is 2. The zero-order valence-corrected chi connectivity index (χ0v) is 12.8. The van der Waals surface area contributed by atoms with E-state index < -0.39 is 0 Å². The summed E-state index contributed by atoms with van der Waals surface area (Å²) in [5.74, 6) is -0.390. The Labute approximate surface area is 125 Å². The number of hydrogen-bond acceptors (Lipinski definition) is 4. The molecule has 0 spiro atoms. The van der Waals surface area contributed by atoms with Crippen LogP contribution in [0.2, 0.25) is 0 Å². The summed E-state index contributed by atoms with van der Waals surface area (Å²) in [6.07, 6.45) is 5.14. The Bertz CT molecular complexity index is 494. The predicted molar refractivity (Wildman–Crippen MR) is 80.3 cm³/mol. The first-order valence-corrected chi connectivity index (χ1v) is 7.01. The Hall–Kier alpha value is -2.17. The summed E-state index contributed by atoms with van der Waals surface area (Å²) in [5, 5.41) is 0. The summed E-state index contributed by atoms with van der Waals surface area (Å²) >= 11 is 0. The van der Waals surface area contributed by atoms with E-state index >= 15 is 0 Å². The Morgan fingerprint density at radius 3 is 2.52 bits per heavy atom. The average molecular weight is 290 g/mol. The maximum absolute atomic E-state index is 12.2. The maximum Gasteiger partial charge on any atom is 0.307 e. The van der Waals surface area contributed by atoms with Crippen LogP contribution in [-0.4, -0.2) is 34.9 Å². The molecule has 1 amide bonds. The minimum atomic E-state index is -0.290. The van der Waals surface area contributed by atoms with Gasteiger partial charge in [0.2, 0.25) is 5.91 Å². The Balaban J connectivity index is 2.72. The molecule has 5 heteroatoms. The van der Waals surface area contributed by atoms with Gasteiger partial charge >= 0.3 is 5.97 Å². The SMILES string of the molecule is CCOC(=O)CCN(Cc1ccncc1)C(=O)C=C(C)C. The monoisotopic (exact) mass is 290 g/mol. The molecule has 0 aromatic carbocycles. The quantitative estimate of drug-likeness (QED) is 0.571. The van der Waals surface area contributed by atoms with Crippen molar-refractivity contribution in [1.82, 2.24) is 9.88 Å². The van der Waals surface area contributed by atoms with Gasteiger partial charge in [0.05, 0.1) is 13.0 Å². The molecule has 0 radical (unpaired) electrons. The summed E-state index contributed by atoms with van der Waals surface area (Å²) in [7, 11) is 0. The van der Waals surface area contributed by atoms with Gasteiger partial charge in [-0.2, -0.15) is 0 Å². The van der Waals surface area contributed by atoms with Crippen LogP contribution in [0.5, 0.6) is 0 Å². The van der Waals surface area contributed by atoms with E-state index in [1.165, 1.54) is 0 Å². The number of rotatable bonds is 7. The van der Waals surface area contributed by atoms with Gasteiger partial charge in [-0.15, -0.1) is 0 Å². The van der Waals surface area contributed by atoms with Gasteiger partial charge in [-0.25, -0.2) is 0 Å². The third kappa shape index (κ3) is 6.70. The molecule has 114 valence electrons. The lowest BCUT2D eigenvalue weighted by molar-refractivity contribution is -0.143. The highest BCUT2D eigenvalue weighted by molar-refractivity contribution is 5.88. The predicted octanol–water partition coefficient (Wildman–Crippen LogP) is 2.33. The summed E-state index contributed by atoms with van der Waals surface area (Å²) < 4.78 is 4.90. The van der Waals surface area contributed by atoms with Crippen molar-refractivity contribution >= 4 is 11.9 Å². The van der Waals surface area contributed by atoms with Gasteiger partial charge < -0.3 is 9.64 Å². The fourth-order valence-corrected chi connectivity index (χ4v) is 1.77. The van der Waals surface area contributed by atoms with Gasteiger partial charge in [-0.05, 0) is 38.5 Å². The molecule has 1 rings (SSSR count). The summed E-state index contributed by atoms with van der Waals surface area (Å²) in [4.78, 5) is 29.3. The van der Waals surface area contributed by atoms with E-state index in [-0.39, 0.29) is 18.3 Å². The first-order chi connectivity index (χ1) is 10.0. The van der Waals surface area contributed by atoms with Crippen LogP contribution in [0.1, 0.15) is 32.8 Å². The van der Waals surface area contributed by atoms with E-state index in [9.17, 15) is 9.59 Å². The molecule has 0 saturated heterocycles. The van der Waals surface area contributed by atoms with Crippen molar-refractivity contribution in [2.24, 2.45) is 0 Å². The zero-order valence-electron chi connectivity index (χ0n) is 12.8. The van der Waals surface area contributed by atoms with E-state index in [1.807, 2.05) is 26.0 Å². The van der Waals surface area contributed by atoms with Crippen LogP contribution in [0, 0.1) is 0 Å². The first kappa shape index (κ1) is 16.9.